The molecule has 0 saturated carbocycles. The van der Waals surface area contributed by atoms with Gasteiger partial charge in [0.2, 0.25) is 0 Å². The fraction of sp³-hybridized carbons (Fsp3) is 0.872. The Balaban J connectivity index is 4.23. The Hall–Kier alpha value is -1.55. The number of hydrogen-bond acceptors (Lipinski definition) is 9. The molecule has 0 amide bonds. The second kappa shape index (κ2) is 43.5. The molecule has 0 radical (unpaired) electrons. The summed E-state index contributed by atoms with van der Waals surface area (Å²) in [7, 11) is -4.62. The van der Waals surface area contributed by atoms with Crippen molar-refractivity contribution in [2.45, 2.75) is 238 Å². The molecule has 0 aromatic heterocycles. The Morgan fingerprint density at radius 3 is 1.24 bits per heavy atom. The van der Waals surface area contributed by atoms with E-state index in [-0.39, 0.29) is 19.4 Å². The first-order chi connectivity index (χ1) is 28.2. The van der Waals surface area contributed by atoms with Crippen LogP contribution < -0.4 is 0 Å². The normalized spacial score (nSPS) is 13.9. The monoisotopic (exact) mass is 845 g/mol. The minimum Gasteiger partial charge on any atom is -0.462 e. The van der Waals surface area contributed by atoms with Crippen molar-refractivity contribution in [3.05, 3.63) is 24.3 Å². The summed E-state index contributed by atoms with van der Waals surface area (Å²) in [5.41, 5.74) is 0. The number of hydrogen-bond donors (Lipinski definition) is 3. The van der Waals surface area contributed by atoms with E-state index in [9.17, 15) is 24.2 Å². The molecular formula is C47H89O10P. The van der Waals surface area contributed by atoms with Gasteiger partial charge in [0.25, 0.3) is 0 Å². The zero-order chi connectivity index (χ0) is 42.6. The molecule has 0 aliphatic rings. The summed E-state index contributed by atoms with van der Waals surface area (Å²) in [4.78, 5) is 35.1. The lowest BCUT2D eigenvalue weighted by Gasteiger charge is -2.20. The van der Waals surface area contributed by atoms with Gasteiger partial charge in [-0.05, 0) is 64.2 Å². The van der Waals surface area contributed by atoms with E-state index in [0.717, 1.165) is 51.4 Å². The second-order valence-electron chi connectivity index (χ2n) is 16.1. The number of phosphoric acid groups is 1. The smallest absolute Gasteiger partial charge is 0.462 e. The first-order valence-corrected chi connectivity index (χ1v) is 25.3. The summed E-state index contributed by atoms with van der Waals surface area (Å²) in [6.45, 7) is 2.39. The zero-order valence-electron chi connectivity index (χ0n) is 37.3. The number of rotatable bonds is 45. The standard InChI is InChI=1S/C47H89O10P/c1-3-5-7-9-11-13-15-17-19-21-22-23-25-27-29-31-33-35-37-39-47(51)57-45(43-56-58(52,53)55-41-44(49)40-48)42-54-46(50)38-36-34-32-30-28-26-24-20-18-16-14-12-10-8-6-4-2/h17,19-20,24,44-45,48-49H,3-16,18,21-23,25-43H2,1-2H3,(H,52,53)/b19-17-,24-20-. The average molecular weight is 845 g/mol. The van der Waals surface area contributed by atoms with Gasteiger partial charge in [-0.15, -0.1) is 0 Å². The molecule has 0 rings (SSSR count). The molecule has 3 unspecified atom stereocenters. The third-order valence-corrected chi connectivity index (χ3v) is 11.3. The number of aliphatic hydroxyl groups excluding tert-OH is 2. The number of aliphatic hydroxyl groups is 2. The van der Waals surface area contributed by atoms with Crippen molar-refractivity contribution in [2.75, 3.05) is 26.4 Å². The molecule has 0 aliphatic heterocycles. The maximum absolute atomic E-state index is 12.6. The fourth-order valence-corrected chi connectivity index (χ4v) is 7.42. The van der Waals surface area contributed by atoms with Crippen LogP contribution in [0.25, 0.3) is 0 Å². The number of esters is 2. The van der Waals surface area contributed by atoms with Crippen LogP contribution in [0.4, 0.5) is 0 Å². The molecule has 3 N–H and O–H groups in total. The summed E-state index contributed by atoms with van der Waals surface area (Å²) < 4.78 is 32.8. The average Bonchev–Trinajstić information content (AvgIpc) is 3.21. The first-order valence-electron chi connectivity index (χ1n) is 23.8. The van der Waals surface area contributed by atoms with E-state index in [1.807, 2.05) is 0 Å². The van der Waals surface area contributed by atoms with Gasteiger partial charge in [-0.2, -0.15) is 0 Å². The highest BCUT2D eigenvalue weighted by Gasteiger charge is 2.27. The van der Waals surface area contributed by atoms with E-state index in [2.05, 4.69) is 38.2 Å². The number of carbonyl (C=O) groups excluding carboxylic acids is 2. The van der Waals surface area contributed by atoms with Crippen molar-refractivity contribution in [3.8, 4) is 0 Å². The number of carbonyl (C=O) groups is 2. The van der Waals surface area contributed by atoms with E-state index in [1.54, 1.807) is 0 Å². The number of ether oxygens (including phenoxy) is 2. The van der Waals surface area contributed by atoms with Gasteiger partial charge in [-0.3, -0.25) is 18.6 Å². The molecule has 0 heterocycles. The van der Waals surface area contributed by atoms with Crippen LogP contribution in [0.3, 0.4) is 0 Å². The molecule has 0 aromatic rings. The van der Waals surface area contributed by atoms with Gasteiger partial charge in [0.05, 0.1) is 19.8 Å². The molecular weight excluding hydrogens is 755 g/mol. The lowest BCUT2D eigenvalue weighted by molar-refractivity contribution is -0.161. The first kappa shape index (κ1) is 56.5. The van der Waals surface area contributed by atoms with E-state index < -0.39 is 51.8 Å². The predicted octanol–water partition coefficient (Wildman–Crippen LogP) is 13.0. The van der Waals surface area contributed by atoms with E-state index in [0.29, 0.717) is 12.8 Å². The van der Waals surface area contributed by atoms with Crippen LogP contribution in [0.5, 0.6) is 0 Å². The quantitative estimate of drug-likeness (QED) is 0.0234. The topological polar surface area (TPSA) is 149 Å². The highest BCUT2D eigenvalue weighted by atomic mass is 31.2. The van der Waals surface area contributed by atoms with Gasteiger partial charge in [0.1, 0.15) is 12.7 Å². The molecule has 0 aromatic carbocycles. The van der Waals surface area contributed by atoms with Crippen LogP contribution in [0, 0.1) is 0 Å². The zero-order valence-corrected chi connectivity index (χ0v) is 38.2. The van der Waals surface area contributed by atoms with Crippen LogP contribution >= 0.6 is 7.82 Å². The third-order valence-electron chi connectivity index (χ3n) is 10.3. The molecule has 0 aliphatic carbocycles. The van der Waals surface area contributed by atoms with Gasteiger partial charge in [0, 0.05) is 12.8 Å². The molecule has 10 nitrogen and oxygen atoms in total. The Morgan fingerprint density at radius 1 is 0.500 bits per heavy atom. The largest absolute Gasteiger partial charge is 0.472 e. The van der Waals surface area contributed by atoms with Crippen molar-refractivity contribution in [3.63, 3.8) is 0 Å². The Labute approximate surface area is 355 Å². The van der Waals surface area contributed by atoms with Gasteiger partial charge < -0.3 is 24.6 Å². The Kier molecular flexibility index (Phi) is 42.4. The van der Waals surface area contributed by atoms with Crippen LogP contribution in [0.1, 0.15) is 226 Å². The van der Waals surface area contributed by atoms with Crippen LogP contribution in [0.15, 0.2) is 24.3 Å². The van der Waals surface area contributed by atoms with Crippen molar-refractivity contribution in [2.24, 2.45) is 0 Å². The number of unbranched alkanes of at least 4 members (excludes halogenated alkanes) is 27. The van der Waals surface area contributed by atoms with E-state index >= 15 is 0 Å². The SMILES string of the molecule is CCCCCCCC/C=C\CCCCCCCCCCCC(=O)OC(COC(=O)CCCCCCC/C=C\CCCCCCCCC)COP(=O)(O)OCC(O)CO. The van der Waals surface area contributed by atoms with Crippen molar-refractivity contribution >= 4 is 19.8 Å². The lowest BCUT2D eigenvalue weighted by Crippen LogP contribution is -2.29. The number of allylic oxidation sites excluding steroid dienone is 4. The lowest BCUT2D eigenvalue weighted by atomic mass is 10.1. The van der Waals surface area contributed by atoms with Crippen molar-refractivity contribution < 1.29 is 47.8 Å². The van der Waals surface area contributed by atoms with Crippen LogP contribution in [-0.2, 0) is 32.7 Å². The van der Waals surface area contributed by atoms with Gasteiger partial charge in [0.15, 0.2) is 6.10 Å². The minimum absolute atomic E-state index is 0.182. The highest BCUT2D eigenvalue weighted by Crippen LogP contribution is 2.43. The summed E-state index contributed by atoms with van der Waals surface area (Å²) in [5.74, 6) is -0.929. The summed E-state index contributed by atoms with van der Waals surface area (Å²) in [5, 5.41) is 18.4. The summed E-state index contributed by atoms with van der Waals surface area (Å²) in [6, 6.07) is 0. The van der Waals surface area contributed by atoms with Gasteiger partial charge in [-0.25, -0.2) is 4.57 Å². The fourth-order valence-electron chi connectivity index (χ4n) is 6.63. The molecule has 342 valence electrons. The maximum atomic E-state index is 12.6. The van der Waals surface area contributed by atoms with E-state index in [1.165, 1.54) is 135 Å². The minimum atomic E-state index is -4.62. The Morgan fingerprint density at radius 2 is 0.845 bits per heavy atom. The van der Waals surface area contributed by atoms with Crippen molar-refractivity contribution in [1.82, 2.24) is 0 Å². The molecule has 58 heavy (non-hydrogen) atoms. The van der Waals surface area contributed by atoms with E-state index in [4.69, 9.17) is 23.6 Å². The summed E-state index contributed by atoms with van der Waals surface area (Å²) >= 11 is 0. The Bertz CT molecular complexity index is 1020. The predicted molar refractivity (Wildman–Crippen MR) is 238 cm³/mol. The van der Waals surface area contributed by atoms with Crippen LogP contribution in [-0.4, -0.2) is 65.7 Å². The molecule has 3 atom stereocenters. The summed E-state index contributed by atoms with van der Waals surface area (Å²) in [6.07, 6.45) is 44.2. The molecule has 0 spiro atoms. The molecule has 0 bridgehead atoms. The maximum Gasteiger partial charge on any atom is 0.472 e. The second-order valence-corrected chi connectivity index (χ2v) is 17.6. The molecule has 11 heteroatoms. The highest BCUT2D eigenvalue weighted by molar-refractivity contribution is 7.47. The number of phosphoric ester groups is 1. The van der Waals surface area contributed by atoms with Gasteiger partial charge in [-0.1, -0.05) is 173 Å². The van der Waals surface area contributed by atoms with Gasteiger partial charge >= 0.3 is 19.8 Å². The molecule has 0 saturated heterocycles. The molecule has 0 fully saturated rings. The van der Waals surface area contributed by atoms with Crippen molar-refractivity contribution in [1.29, 1.82) is 0 Å². The van der Waals surface area contributed by atoms with Crippen LogP contribution in [0.2, 0.25) is 0 Å². The third kappa shape index (κ3) is 42.6.